The normalized spacial score (nSPS) is 18.1. The van der Waals surface area contributed by atoms with E-state index >= 15 is 0 Å². The zero-order valence-corrected chi connectivity index (χ0v) is 17.5. The largest absolute Gasteiger partial charge is 0.472 e. The highest BCUT2D eigenvalue weighted by Crippen LogP contribution is 2.32. The van der Waals surface area contributed by atoms with Crippen LogP contribution in [0.5, 0.6) is 5.88 Å². The number of pyridine rings is 2. The van der Waals surface area contributed by atoms with Gasteiger partial charge < -0.3 is 14.8 Å². The van der Waals surface area contributed by atoms with Crippen molar-refractivity contribution in [3.63, 3.8) is 0 Å². The molecule has 1 N–H and O–H groups in total. The van der Waals surface area contributed by atoms with Crippen molar-refractivity contribution >= 4 is 17.4 Å². The van der Waals surface area contributed by atoms with Gasteiger partial charge in [-0.3, -0.25) is 4.90 Å². The molecule has 2 aromatic heterocycles. The van der Waals surface area contributed by atoms with Crippen LogP contribution in [0.4, 0.5) is 10.2 Å². The molecule has 0 unspecified atom stereocenters. The first-order chi connectivity index (χ1) is 15.1. The Hall–Kier alpha value is -2.98. The van der Waals surface area contributed by atoms with Crippen molar-refractivity contribution in [2.75, 3.05) is 31.6 Å². The van der Waals surface area contributed by atoms with Gasteiger partial charge in [0.2, 0.25) is 11.8 Å². The van der Waals surface area contributed by atoms with Gasteiger partial charge in [0.05, 0.1) is 24.8 Å². The lowest BCUT2D eigenvalue weighted by atomic mass is 9.96. The second kappa shape index (κ2) is 9.44. The summed E-state index contributed by atoms with van der Waals surface area (Å²) in [4.78, 5) is 10.2. The molecule has 0 amide bonds. The standard InChI is InChI=1S/C21H20ClFN6O2/c22-19-16(9-25)17-11-29(7-3-15(17)21(28-19)26-6-5-24)10-13-1-2-18(27-20(13)23)31-14-4-8-30-12-14/h1-2,14H,3-4,6-8,10-12H2,(H,26,28)/t14-/m0/s1. The molecule has 4 rings (SSSR count). The molecule has 0 bridgehead atoms. The summed E-state index contributed by atoms with van der Waals surface area (Å²) < 4.78 is 25.5. The van der Waals surface area contributed by atoms with Crippen LogP contribution >= 0.6 is 11.6 Å². The number of fused-ring (bicyclic) bond motifs is 1. The summed E-state index contributed by atoms with van der Waals surface area (Å²) in [6.07, 6.45) is 1.27. The number of hydrogen-bond acceptors (Lipinski definition) is 8. The Morgan fingerprint density at radius 2 is 2.19 bits per heavy atom. The SMILES string of the molecule is N#CCNc1nc(Cl)c(C#N)c2c1CCN(Cc1ccc(O[C@H]3CCOC3)nc1F)C2. The predicted octanol–water partition coefficient (Wildman–Crippen LogP) is 2.80. The minimum atomic E-state index is -0.577. The zero-order chi connectivity index (χ0) is 21.8. The molecule has 8 nitrogen and oxygen atoms in total. The van der Waals surface area contributed by atoms with Crippen LogP contribution in [0.2, 0.25) is 5.15 Å². The molecule has 1 saturated heterocycles. The van der Waals surface area contributed by atoms with Gasteiger partial charge in [-0.15, -0.1) is 0 Å². The Morgan fingerprint density at radius 3 is 2.90 bits per heavy atom. The van der Waals surface area contributed by atoms with E-state index in [9.17, 15) is 9.65 Å². The number of anilines is 1. The molecule has 0 saturated carbocycles. The summed E-state index contributed by atoms with van der Waals surface area (Å²) in [5.41, 5.74) is 2.38. The van der Waals surface area contributed by atoms with Gasteiger partial charge in [0, 0.05) is 43.2 Å². The monoisotopic (exact) mass is 442 g/mol. The summed E-state index contributed by atoms with van der Waals surface area (Å²) in [5, 5.41) is 21.4. The third-order valence-corrected chi connectivity index (χ3v) is 5.62. The topological polar surface area (TPSA) is 107 Å². The van der Waals surface area contributed by atoms with Gasteiger partial charge in [-0.1, -0.05) is 11.6 Å². The quantitative estimate of drug-likeness (QED) is 0.537. The molecular formula is C21H20ClFN6O2. The van der Waals surface area contributed by atoms with Crippen LogP contribution in [0.1, 0.15) is 28.7 Å². The lowest BCUT2D eigenvalue weighted by Gasteiger charge is -2.30. The van der Waals surface area contributed by atoms with Gasteiger partial charge in [-0.05, 0) is 18.1 Å². The first kappa shape index (κ1) is 21.3. The second-order valence-corrected chi connectivity index (χ2v) is 7.73. The minimum Gasteiger partial charge on any atom is -0.472 e. The van der Waals surface area contributed by atoms with Gasteiger partial charge in [0.15, 0.2) is 0 Å². The Kier molecular flexibility index (Phi) is 6.47. The Labute approximate surface area is 184 Å². The Morgan fingerprint density at radius 1 is 1.32 bits per heavy atom. The number of rotatable bonds is 6. The number of hydrogen-bond donors (Lipinski definition) is 1. The summed E-state index contributed by atoms with van der Waals surface area (Å²) in [7, 11) is 0. The van der Waals surface area contributed by atoms with Gasteiger partial charge in [0.1, 0.15) is 29.7 Å². The first-order valence-corrected chi connectivity index (χ1v) is 10.3. The highest BCUT2D eigenvalue weighted by Gasteiger charge is 2.26. The first-order valence-electron chi connectivity index (χ1n) is 9.93. The summed E-state index contributed by atoms with van der Waals surface area (Å²) >= 11 is 6.20. The average molecular weight is 443 g/mol. The molecule has 1 atom stereocenters. The Balaban J connectivity index is 1.50. The van der Waals surface area contributed by atoms with Gasteiger partial charge >= 0.3 is 0 Å². The third-order valence-electron chi connectivity index (χ3n) is 5.34. The van der Waals surface area contributed by atoms with Crippen molar-refractivity contribution in [2.24, 2.45) is 0 Å². The molecule has 1 fully saturated rings. The summed E-state index contributed by atoms with van der Waals surface area (Å²) in [6, 6.07) is 7.47. The van der Waals surface area contributed by atoms with Crippen LogP contribution in [0.3, 0.4) is 0 Å². The maximum atomic E-state index is 14.6. The van der Waals surface area contributed by atoms with Crippen molar-refractivity contribution in [3.8, 4) is 18.0 Å². The van der Waals surface area contributed by atoms with Gasteiger partial charge in [-0.25, -0.2) is 4.98 Å². The van der Waals surface area contributed by atoms with Gasteiger partial charge in [0.25, 0.3) is 0 Å². The lowest BCUT2D eigenvalue weighted by molar-refractivity contribution is 0.137. The van der Waals surface area contributed by atoms with E-state index in [4.69, 9.17) is 26.3 Å². The second-order valence-electron chi connectivity index (χ2n) is 7.37. The molecule has 2 aliphatic rings. The van der Waals surface area contributed by atoms with E-state index < -0.39 is 5.95 Å². The highest BCUT2D eigenvalue weighted by molar-refractivity contribution is 6.30. The molecule has 4 heterocycles. The predicted molar refractivity (Wildman–Crippen MR) is 110 cm³/mol. The van der Waals surface area contributed by atoms with Crippen LogP contribution in [-0.4, -0.2) is 47.3 Å². The number of nitrogens with zero attached hydrogens (tertiary/aromatic N) is 5. The van der Waals surface area contributed by atoms with Crippen LogP contribution in [0, 0.1) is 28.6 Å². The Bertz CT molecular complexity index is 1060. The smallest absolute Gasteiger partial charge is 0.220 e. The van der Waals surface area contributed by atoms with E-state index in [1.807, 2.05) is 11.0 Å². The fraction of sp³-hybridized carbons (Fsp3) is 0.429. The maximum Gasteiger partial charge on any atom is 0.220 e. The van der Waals surface area contributed by atoms with E-state index in [2.05, 4.69) is 21.4 Å². The van der Waals surface area contributed by atoms with Crippen molar-refractivity contribution in [3.05, 3.63) is 45.5 Å². The zero-order valence-electron chi connectivity index (χ0n) is 16.7. The molecule has 0 radical (unpaired) electrons. The lowest BCUT2D eigenvalue weighted by Crippen LogP contribution is -2.32. The number of aromatic nitrogens is 2. The molecule has 31 heavy (non-hydrogen) atoms. The fourth-order valence-electron chi connectivity index (χ4n) is 3.82. The van der Waals surface area contributed by atoms with Crippen molar-refractivity contribution in [2.45, 2.75) is 32.0 Å². The van der Waals surface area contributed by atoms with E-state index in [0.717, 1.165) is 17.5 Å². The average Bonchev–Trinajstić information content (AvgIpc) is 3.27. The fourth-order valence-corrected chi connectivity index (χ4v) is 4.06. The molecule has 10 heteroatoms. The highest BCUT2D eigenvalue weighted by atomic mass is 35.5. The number of halogens is 2. The molecule has 2 aliphatic heterocycles. The number of nitrogens with one attached hydrogen (secondary N) is 1. The van der Waals surface area contributed by atoms with E-state index in [1.165, 1.54) is 0 Å². The van der Waals surface area contributed by atoms with E-state index in [-0.39, 0.29) is 23.7 Å². The molecule has 0 aromatic carbocycles. The van der Waals surface area contributed by atoms with Crippen LogP contribution < -0.4 is 10.1 Å². The van der Waals surface area contributed by atoms with Crippen LogP contribution in [0.25, 0.3) is 0 Å². The van der Waals surface area contributed by atoms with Crippen LogP contribution in [0.15, 0.2) is 12.1 Å². The van der Waals surface area contributed by atoms with Gasteiger partial charge in [-0.2, -0.15) is 19.9 Å². The molecule has 2 aromatic rings. The molecule has 160 valence electrons. The minimum absolute atomic E-state index is 0.0870. The molecule has 0 aliphatic carbocycles. The third kappa shape index (κ3) is 4.70. The summed E-state index contributed by atoms with van der Waals surface area (Å²) in [5.74, 6) is 0.191. The number of ether oxygens (including phenoxy) is 2. The van der Waals surface area contributed by atoms with Crippen LogP contribution in [-0.2, 0) is 24.2 Å². The maximum absolute atomic E-state index is 14.6. The van der Waals surface area contributed by atoms with Crippen molar-refractivity contribution in [1.29, 1.82) is 10.5 Å². The number of nitriles is 2. The van der Waals surface area contributed by atoms with Crippen molar-refractivity contribution in [1.82, 2.24) is 14.9 Å². The summed E-state index contributed by atoms with van der Waals surface area (Å²) in [6.45, 7) is 2.60. The molecule has 0 spiro atoms. The van der Waals surface area contributed by atoms with E-state index in [1.54, 1.807) is 12.1 Å². The van der Waals surface area contributed by atoms with E-state index in [0.29, 0.717) is 56.2 Å². The molecular weight excluding hydrogens is 423 g/mol. The van der Waals surface area contributed by atoms with Crippen molar-refractivity contribution < 1.29 is 13.9 Å².